The van der Waals surface area contributed by atoms with E-state index in [0.29, 0.717) is 40.3 Å². The fourth-order valence-corrected chi connectivity index (χ4v) is 3.28. The highest BCUT2D eigenvalue weighted by molar-refractivity contribution is 6.37. The van der Waals surface area contributed by atoms with E-state index in [0.717, 1.165) is 12.0 Å². The number of anilines is 1. The molecule has 4 nitrogen and oxygen atoms in total. The van der Waals surface area contributed by atoms with E-state index in [9.17, 15) is 4.79 Å². The summed E-state index contributed by atoms with van der Waals surface area (Å²) < 4.78 is 11.1. The third-order valence-electron chi connectivity index (χ3n) is 4.12. The van der Waals surface area contributed by atoms with Crippen molar-refractivity contribution in [2.75, 3.05) is 19.0 Å². The zero-order chi connectivity index (χ0) is 20.0. The third kappa shape index (κ3) is 5.86. The molecule has 146 valence electrons. The van der Waals surface area contributed by atoms with Gasteiger partial charge in [0.2, 0.25) is 5.91 Å². The minimum Gasteiger partial charge on any atom is -0.454 e. The summed E-state index contributed by atoms with van der Waals surface area (Å²) in [5.74, 6) is 0.904. The molecule has 0 aliphatic rings. The molecule has 6 heteroatoms. The van der Waals surface area contributed by atoms with E-state index >= 15 is 0 Å². The van der Waals surface area contributed by atoms with Crippen LogP contribution in [0.25, 0.3) is 0 Å². The van der Waals surface area contributed by atoms with E-state index in [1.54, 1.807) is 19.2 Å². The molecule has 2 aromatic rings. The number of nitrogens with one attached hydrogen (secondary N) is 1. The van der Waals surface area contributed by atoms with Gasteiger partial charge in [-0.2, -0.15) is 0 Å². The van der Waals surface area contributed by atoms with Gasteiger partial charge in [-0.15, -0.1) is 0 Å². The van der Waals surface area contributed by atoms with E-state index in [4.69, 9.17) is 32.7 Å². The van der Waals surface area contributed by atoms with Crippen molar-refractivity contribution in [3.05, 3.63) is 52.0 Å². The molecule has 0 atom stereocenters. The number of hydrogen-bond acceptors (Lipinski definition) is 3. The highest BCUT2D eigenvalue weighted by atomic mass is 35.5. The molecule has 0 fully saturated rings. The first-order valence-electron chi connectivity index (χ1n) is 8.83. The van der Waals surface area contributed by atoms with Gasteiger partial charge in [-0.1, -0.05) is 56.1 Å². The molecule has 0 bridgehead atoms. The molecule has 0 aliphatic carbocycles. The van der Waals surface area contributed by atoms with Crippen LogP contribution >= 0.6 is 23.2 Å². The predicted molar refractivity (Wildman–Crippen MR) is 111 cm³/mol. The van der Waals surface area contributed by atoms with Crippen molar-refractivity contribution in [3.8, 4) is 11.5 Å². The number of ether oxygens (including phenoxy) is 2. The van der Waals surface area contributed by atoms with E-state index in [1.807, 2.05) is 31.2 Å². The lowest BCUT2D eigenvalue weighted by molar-refractivity contribution is -0.116. The Kier molecular flexibility index (Phi) is 7.54. The highest BCUT2D eigenvalue weighted by Crippen LogP contribution is 2.39. The summed E-state index contributed by atoms with van der Waals surface area (Å²) in [6.45, 7) is 6.80. The van der Waals surface area contributed by atoms with Crippen LogP contribution in [0.15, 0.2) is 36.4 Å². The molecule has 0 aliphatic heterocycles. The topological polar surface area (TPSA) is 47.6 Å². The van der Waals surface area contributed by atoms with Crippen molar-refractivity contribution in [3.63, 3.8) is 0 Å². The van der Waals surface area contributed by atoms with Gasteiger partial charge in [-0.05, 0) is 36.2 Å². The minimum atomic E-state index is -0.0963. The molecule has 0 aromatic heterocycles. The van der Waals surface area contributed by atoms with Crippen molar-refractivity contribution in [2.24, 2.45) is 0 Å². The quantitative estimate of drug-likeness (QED) is 0.544. The first-order valence-corrected chi connectivity index (χ1v) is 9.58. The summed E-state index contributed by atoms with van der Waals surface area (Å²) in [6, 6.07) is 11.0. The Balaban J connectivity index is 2.16. The van der Waals surface area contributed by atoms with Crippen LogP contribution in [0.4, 0.5) is 5.69 Å². The summed E-state index contributed by atoms with van der Waals surface area (Å²) in [5, 5.41) is 3.44. The van der Waals surface area contributed by atoms with Crippen molar-refractivity contribution in [1.82, 2.24) is 0 Å². The zero-order valence-corrected chi connectivity index (χ0v) is 17.6. The van der Waals surface area contributed by atoms with Gasteiger partial charge in [0, 0.05) is 24.6 Å². The van der Waals surface area contributed by atoms with E-state index < -0.39 is 0 Å². The van der Waals surface area contributed by atoms with Crippen LogP contribution in [-0.2, 0) is 14.9 Å². The Bertz CT molecular complexity index is 766. The number of benzene rings is 2. The van der Waals surface area contributed by atoms with Crippen LogP contribution in [0.1, 0.15) is 39.2 Å². The highest BCUT2D eigenvalue weighted by Gasteiger charge is 2.20. The fourth-order valence-electron chi connectivity index (χ4n) is 2.72. The molecule has 0 saturated heterocycles. The number of amides is 1. The summed E-state index contributed by atoms with van der Waals surface area (Å²) in [4.78, 5) is 11.7. The van der Waals surface area contributed by atoms with Crippen LogP contribution in [0.3, 0.4) is 0 Å². The number of hydrogen-bond donors (Lipinski definition) is 1. The largest absolute Gasteiger partial charge is 0.454 e. The molecule has 1 N–H and O–H groups in total. The molecule has 0 unspecified atom stereocenters. The second-order valence-electron chi connectivity index (χ2n) is 7.01. The van der Waals surface area contributed by atoms with E-state index in [2.05, 4.69) is 19.2 Å². The molecule has 2 rings (SSSR count). The zero-order valence-electron chi connectivity index (χ0n) is 16.1. The van der Waals surface area contributed by atoms with Gasteiger partial charge in [-0.3, -0.25) is 4.79 Å². The lowest BCUT2D eigenvalue weighted by Crippen LogP contribution is -2.23. The maximum Gasteiger partial charge on any atom is 0.224 e. The Morgan fingerprint density at radius 1 is 1.11 bits per heavy atom. The van der Waals surface area contributed by atoms with Crippen LogP contribution in [0, 0.1) is 0 Å². The summed E-state index contributed by atoms with van der Waals surface area (Å²) in [7, 11) is 1.69. The maximum absolute atomic E-state index is 11.7. The van der Waals surface area contributed by atoms with Crippen molar-refractivity contribution >= 4 is 34.8 Å². The smallest absolute Gasteiger partial charge is 0.224 e. The van der Waals surface area contributed by atoms with Crippen molar-refractivity contribution < 1.29 is 14.3 Å². The first kappa shape index (κ1) is 21.5. The molecule has 2 aromatic carbocycles. The van der Waals surface area contributed by atoms with Gasteiger partial charge in [0.15, 0.2) is 5.75 Å². The average molecular weight is 410 g/mol. The number of carbonyl (C=O) groups excluding carboxylic acids is 1. The second-order valence-corrected chi connectivity index (χ2v) is 7.82. The first-order chi connectivity index (χ1) is 12.8. The van der Waals surface area contributed by atoms with Gasteiger partial charge >= 0.3 is 0 Å². The predicted octanol–water partition coefficient (Wildman–Crippen LogP) is 6.45. The fraction of sp³-hybridized carbons (Fsp3) is 0.381. The molecule has 0 heterocycles. The van der Waals surface area contributed by atoms with Gasteiger partial charge in [0.1, 0.15) is 5.75 Å². The molecule has 0 saturated carbocycles. The Hall–Kier alpha value is -1.75. The van der Waals surface area contributed by atoms with Crippen LogP contribution in [-0.4, -0.2) is 19.6 Å². The number of carbonyl (C=O) groups is 1. The summed E-state index contributed by atoms with van der Waals surface area (Å²) in [6.07, 6.45) is 1.21. The normalized spacial score (nSPS) is 11.3. The molecular weight excluding hydrogens is 385 g/mol. The Morgan fingerprint density at radius 3 is 2.22 bits per heavy atom. The van der Waals surface area contributed by atoms with Crippen LogP contribution < -0.4 is 10.1 Å². The maximum atomic E-state index is 11.7. The van der Waals surface area contributed by atoms with Gasteiger partial charge < -0.3 is 14.8 Å². The van der Waals surface area contributed by atoms with Crippen LogP contribution in [0.5, 0.6) is 11.5 Å². The number of rotatable bonds is 8. The lowest BCUT2D eigenvalue weighted by Gasteiger charge is -2.24. The number of halogens is 2. The third-order valence-corrected chi connectivity index (χ3v) is 4.68. The van der Waals surface area contributed by atoms with E-state index in [-0.39, 0.29) is 11.3 Å². The number of methoxy groups -OCH3 is 1. The Morgan fingerprint density at radius 2 is 1.70 bits per heavy atom. The molecule has 0 spiro atoms. The van der Waals surface area contributed by atoms with Gasteiger partial charge in [-0.25, -0.2) is 0 Å². The SMILES string of the molecule is CCCC(=O)Nc1cc(Cl)c(Oc2ccc(C(C)(C)COC)cc2)c(Cl)c1. The van der Waals surface area contributed by atoms with Gasteiger partial charge in [0.25, 0.3) is 0 Å². The molecule has 0 radical (unpaired) electrons. The van der Waals surface area contributed by atoms with Crippen LogP contribution in [0.2, 0.25) is 10.0 Å². The van der Waals surface area contributed by atoms with Gasteiger partial charge in [0.05, 0.1) is 16.7 Å². The molecule has 27 heavy (non-hydrogen) atoms. The minimum absolute atomic E-state index is 0.0763. The standard InChI is InChI=1S/C21H25Cl2NO3/c1-5-6-19(25)24-15-11-17(22)20(18(23)12-15)27-16-9-7-14(8-10-16)21(2,3)13-26-4/h7-12H,5-6,13H2,1-4H3,(H,24,25). The van der Waals surface area contributed by atoms with Crippen molar-refractivity contribution in [1.29, 1.82) is 0 Å². The second kappa shape index (κ2) is 9.45. The monoisotopic (exact) mass is 409 g/mol. The summed E-state index contributed by atoms with van der Waals surface area (Å²) in [5.41, 5.74) is 1.59. The molecule has 1 amide bonds. The van der Waals surface area contributed by atoms with Crippen molar-refractivity contribution in [2.45, 2.75) is 39.0 Å². The lowest BCUT2D eigenvalue weighted by atomic mass is 9.85. The summed E-state index contributed by atoms with van der Waals surface area (Å²) >= 11 is 12.6. The van der Waals surface area contributed by atoms with E-state index in [1.165, 1.54) is 0 Å². The molecular formula is C21H25Cl2NO3. The Labute approximate surface area is 170 Å². The average Bonchev–Trinajstić information content (AvgIpc) is 2.59.